The Kier molecular flexibility index (Phi) is 9.47. The largest absolute Gasteiger partial charge is 0.391 e. The van der Waals surface area contributed by atoms with Gasteiger partial charge in [0.15, 0.2) is 5.96 Å². The number of nitrogens with one attached hydrogen (secondary N) is 2. The summed E-state index contributed by atoms with van der Waals surface area (Å²) in [7, 11) is 1.64. The summed E-state index contributed by atoms with van der Waals surface area (Å²) in [6.07, 6.45) is 1.26. The molecule has 1 aromatic rings. The standard InChI is InChI=1S/C16H25F3N4S.HI/c1-3-13-10-22-14(24-13)7-8-21-15(20-2)23-12-6-4-5-11(9-12)16(17,18)19;/h10-12H,3-9H2,1-2H3,(H2,20,21,23);1H. The number of aliphatic imine (C=N–C) groups is 1. The van der Waals surface area contributed by atoms with Crippen molar-refractivity contribution < 1.29 is 13.2 Å². The lowest BCUT2D eigenvalue weighted by Gasteiger charge is -2.31. The third-order valence-electron chi connectivity index (χ3n) is 4.28. The summed E-state index contributed by atoms with van der Waals surface area (Å²) in [5.41, 5.74) is 0. The van der Waals surface area contributed by atoms with Crippen LogP contribution in [0.5, 0.6) is 0 Å². The van der Waals surface area contributed by atoms with Crippen LogP contribution in [0.3, 0.4) is 0 Å². The Morgan fingerprint density at radius 1 is 1.40 bits per heavy atom. The molecule has 144 valence electrons. The highest BCUT2D eigenvalue weighted by molar-refractivity contribution is 14.0. The van der Waals surface area contributed by atoms with E-state index in [1.807, 2.05) is 6.20 Å². The summed E-state index contributed by atoms with van der Waals surface area (Å²) < 4.78 is 38.6. The second kappa shape index (κ2) is 10.5. The molecule has 25 heavy (non-hydrogen) atoms. The summed E-state index contributed by atoms with van der Waals surface area (Å²) in [6.45, 7) is 2.76. The van der Waals surface area contributed by atoms with E-state index in [0.717, 1.165) is 24.3 Å². The smallest absolute Gasteiger partial charge is 0.356 e. The summed E-state index contributed by atoms with van der Waals surface area (Å²) in [4.78, 5) is 9.73. The first-order chi connectivity index (χ1) is 11.4. The number of halogens is 4. The number of thiazole rings is 1. The summed E-state index contributed by atoms with van der Waals surface area (Å²) >= 11 is 1.69. The quantitative estimate of drug-likeness (QED) is 0.371. The van der Waals surface area contributed by atoms with E-state index in [9.17, 15) is 13.2 Å². The molecule has 0 saturated heterocycles. The monoisotopic (exact) mass is 490 g/mol. The maximum absolute atomic E-state index is 12.9. The molecule has 4 nitrogen and oxygen atoms in total. The topological polar surface area (TPSA) is 49.3 Å². The van der Waals surface area contributed by atoms with Crippen molar-refractivity contribution in [2.75, 3.05) is 13.6 Å². The molecule has 0 radical (unpaired) electrons. The molecule has 0 aromatic carbocycles. The van der Waals surface area contributed by atoms with Gasteiger partial charge in [0, 0.05) is 37.1 Å². The molecular formula is C16H26F3IN4S. The molecule has 0 amide bonds. The predicted molar refractivity (Wildman–Crippen MR) is 107 cm³/mol. The first kappa shape index (κ1) is 22.5. The number of hydrogen-bond donors (Lipinski definition) is 2. The molecule has 9 heteroatoms. The van der Waals surface area contributed by atoms with E-state index in [1.54, 1.807) is 18.4 Å². The second-order valence-corrected chi connectivity index (χ2v) is 7.27. The third kappa shape index (κ3) is 7.28. The third-order valence-corrected chi connectivity index (χ3v) is 5.48. The molecule has 2 unspecified atom stereocenters. The molecule has 2 N–H and O–H groups in total. The number of guanidine groups is 1. The van der Waals surface area contributed by atoms with Gasteiger partial charge in [0.2, 0.25) is 0 Å². The van der Waals surface area contributed by atoms with Crippen LogP contribution in [0, 0.1) is 5.92 Å². The Bertz CT molecular complexity index is 548. The van der Waals surface area contributed by atoms with Gasteiger partial charge in [-0.05, 0) is 25.7 Å². The van der Waals surface area contributed by atoms with Gasteiger partial charge >= 0.3 is 6.18 Å². The number of alkyl halides is 3. The first-order valence-corrected chi connectivity index (χ1v) is 9.21. The lowest BCUT2D eigenvalue weighted by atomic mass is 9.85. The van der Waals surface area contributed by atoms with E-state index < -0.39 is 12.1 Å². The molecule has 0 spiro atoms. The minimum atomic E-state index is -4.10. The number of aryl methyl sites for hydroxylation is 1. The molecule has 1 aliphatic rings. The van der Waals surface area contributed by atoms with Crippen LogP contribution in [-0.2, 0) is 12.8 Å². The lowest BCUT2D eigenvalue weighted by molar-refractivity contribution is -0.183. The van der Waals surface area contributed by atoms with Gasteiger partial charge in [0.25, 0.3) is 0 Å². The maximum atomic E-state index is 12.9. The average Bonchev–Trinajstić information content (AvgIpc) is 3.01. The van der Waals surface area contributed by atoms with Crippen molar-refractivity contribution in [1.82, 2.24) is 15.6 Å². The fraction of sp³-hybridized carbons (Fsp3) is 0.750. The van der Waals surface area contributed by atoms with E-state index in [1.165, 1.54) is 4.88 Å². The predicted octanol–water partition coefficient (Wildman–Crippen LogP) is 4.15. The van der Waals surface area contributed by atoms with E-state index >= 15 is 0 Å². The van der Waals surface area contributed by atoms with Crippen molar-refractivity contribution in [1.29, 1.82) is 0 Å². The van der Waals surface area contributed by atoms with E-state index in [0.29, 0.717) is 18.9 Å². The van der Waals surface area contributed by atoms with Crippen molar-refractivity contribution >= 4 is 41.3 Å². The van der Waals surface area contributed by atoms with Crippen molar-refractivity contribution in [2.45, 2.75) is 57.7 Å². The van der Waals surface area contributed by atoms with E-state index in [2.05, 4.69) is 27.5 Å². The van der Waals surface area contributed by atoms with Crippen molar-refractivity contribution in [3.8, 4) is 0 Å². The van der Waals surface area contributed by atoms with Crippen LogP contribution in [0.1, 0.15) is 42.5 Å². The van der Waals surface area contributed by atoms with Gasteiger partial charge in [-0.3, -0.25) is 4.99 Å². The Morgan fingerprint density at radius 2 is 2.16 bits per heavy atom. The van der Waals surface area contributed by atoms with Crippen molar-refractivity contribution in [2.24, 2.45) is 10.9 Å². The average molecular weight is 490 g/mol. The van der Waals surface area contributed by atoms with Crippen LogP contribution in [-0.4, -0.2) is 36.8 Å². The van der Waals surface area contributed by atoms with Crippen LogP contribution in [0.15, 0.2) is 11.2 Å². The van der Waals surface area contributed by atoms with Crippen molar-refractivity contribution in [3.63, 3.8) is 0 Å². The van der Waals surface area contributed by atoms with Crippen LogP contribution < -0.4 is 10.6 Å². The zero-order valence-corrected chi connectivity index (χ0v) is 17.7. The number of aromatic nitrogens is 1. The van der Waals surface area contributed by atoms with Crippen LogP contribution in [0.2, 0.25) is 0 Å². The fourth-order valence-electron chi connectivity index (χ4n) is 2.92. The van der Waals surface area contributed by atoms with E-state index in [4.69, 9.17) is 0 Å². The molecule has 0 bridgehead atoms. The molecule has 1 aromatic heterocycles. The van der Waals surface area contributed by atoms with Gasteiger partial charge in [0.1, 0.15) is 0 Å². The normalized spacial score (nSPS) is 21.6. The van der Waals surface area contributed by atoms with Crippen LogP contribution >= 0.6 is 35.3 Å². The van der Waals surface area contributed by atoms with Gasteiger partial charge in [-0.15, -0.1) is 35.3 Å². The summed E-state index contributed by atoms with van der Waals surface area (Å²) in [5, 5.41) is 7.36. The number of nitrogens with zero attached hydrogens (tertiary/aromatic N) is 2. The zero-order chi connectivity index (χ0) is 17.6. The van der Waals surface area contributed by atoms with Gasteiger partial charge < -0.3 is 10.6 Å². The first-order valence-electron chi connectivity index (χ1n) is 8.39. The summed E-state index contributed by atoms with van der Waals surface area (Å²) in [6, 6.07) is -0.178. The zero-order valence-electron chi connectivity index (χ0n) is 14.5. The molecule has 1 fully saturated rings. The minimum absolute atomic E-state index is 0. The molecular weight excluding hydrogens is 464 g/mol. The van der Waals surface area contributed by atoms with Gasteiger partial charge in [-0.25, -0.2) is 4.98 Å². The fourth-order valence-corrected chi connectivity index (χ4v) is 3.78. The molecule has 2 atom stereocenters. The van der Waals surface area contributed by atoms with Gasteiger partial charge in [-0.2, -0.15) is 13.2 Å². The molecule has 1 saturated carbocycles. The highest BCUT2D eigenvalue weighted by Crippen LogP contribution is 2.37. The van der Waals surface area contributed by atoms with Gasteiger partial charge in [0.05, 0.1) is 10.9 Å². The Morgan fingerprint density at radius 3 is 2.76 bits per heavy atom. The Hall–Kier alpha value is -0.580. The molecule has 0 aliphatic heterocycles. The van der Waals surface area contributed by atoms with Crippen LogP contribution in [0.25, 0.3) is 0 Å². The van der Waals surface area contributed by atoms with E-state index in [-0.39, 0.29) is 42.9 Å². The van der Waals surface area contributed by atoms with Crippen molar-refractivity contribution in [3.05, 3.63) is 16.1 Å². The highest BCUT2D eigenvalue weighted by Gasteiger charge is 2.42. The second-order valence-electron chi connectivity index (χ2n) is 6.07. The SMILES string of the molecule is CCc1cnc(CCNC(=NC)NC2CCCC(C(F)(F)F)C2)s1.I. The highest BCUT2D eigenvalue weighted by atomic mass is 127. The summed E-state index contributed by atoms with van der Waals surface area (Å²) in [5.74, 6) is -0.639. The number of rotatable bonds is 5. The molecule has 2 rings (SSSR count). The minimum Gasteiger partial charge on any atom is -0.356 e. The Labute approximate surface area is 168 Å². The molecule has 1 heterocycles. The molecule has 1 aliphatic carbocycles. The number of hydrogen-bond acceptors (Lipinski definition) is 3. The lowest BCUT2D eigenvalue weighted by Crippen LogP contribution is -2.47. The maximum Gasteiger partial charge on any atom is 0.391 e. The Balaban J connectivity index is 0.00000312. The van der Waals surface area contributed by atoms with Gasteiger partial charge in [-0.1, -0.05) is 13.3 Å². The van der Waals surface area contributed by atoms with Crippen LogP contribution in [0.4, 0.5) is 13.2 Å².